The van der Waals surface area contributed by atoms with Crippen LogP contribution in [0.25, 0.3) is 0 Å². The van der Waals surface area contributed by atoms with Gasteiger partial charge in [0.1, 0.15) is 0 Å². The summed E-state index contributed by atoms with van der Waals surface area (Å²) in [5.74, 6) is 0. The molecule has 0 spiro atoms. The van der Waals surface area contributed by atoms with Crippen molar-refractivity contribution in [1.82, 2.24) is 0 Å². The van der Waals surface area contributed by atoms with Crippen molar-refractivity contribution in [3.8, 4) is 0 Å². The highest BCUT2D eigenvalue weighted by molar-refractivity contribution is 7.80. The van der Waals surface area contributed by atoms with Crippen molar-refractivity contribution in [1.29, 1.82) is 0 Å². The van der Waals surface area contributed by atoms with E-state index >= 15 is 0 Å². The summed E-state index contributed by atoms with van der Waals surface area (Å²) in [6.07, 6.45) is 2.47. The van der Waals surface area contributed by atoms with E-state index in [1.54, 1.807) is 0 Å². The Labute approximate surface area is 99.5 Å². The maximum atomic E-state index is 4.44. The lowest BCUT2D eigenvalue weighted by atomic mass is 9.80. The van der Waals surface area contributed by atoms with E-state index in [-0.39, 0.29) is 0 Å². The third-order valence-electron chi connectivity index (χ3n) is 3.05. The summed E-state index contributed by atoms with van der Waals surface area (Å²) in [6, 6.07) is 8.89. The second kappa shape index (κ2) is 5.07. The maximum absolute atomic E-state index is 4.44. The molecular weight excluding hydrogens is 200 g/mol. The highest BCUT2D eigenvalue weighted by Gasteiger charge is 2.18. The minimum absolute atomic E-state index is 0.299. The fourth-order valence-corrected chi connectivity index (χ4v) is 2.15. The SMILES string of the molecule is CCCC(C)(C)c1ccc(C(C)S)cc1. The Kier molecular flexibility index (Phi) is 4.27. The maximum Gasteiger partial charge on any atom is 0.0238 e. The average molecular weight is 222 g/mol. The summed E-state index contributed by atoms with van der Waals surface area (Å²) in [4.78, 5) is 0. The monoisotopic (exact) mass is 222 g/mol. The van der Waals surface area contributed by atoms with Gasteiger partial charge >= 0.3 is 0 Å². The minimum Gasteiger partial charge on any atom is -0.171 e. The van der Waals surface area contributed by atoms with Gasteiger partial charge in [-0.05, 0) is 29.9 Å². The Bertz CT molecular complexity index is 296. The quantitative estimate of drug-likeness (QED) is 0.698. The number of benzene rings is 1. The van der Waals surface area contributed by atoms with Gasteiger partial charge in [0.15, 0.2) is 0 Å². The Morgan fingerprint density at radius 2 is 1.73 bits per heavy atom. The van der Waals surface area contributed by atoms with E-state index < -0.39 is 0 Å². The lowest BCUT2D eigenvalue weighted by Gasteiger charge is -2.25. The van der Waals surface area contributed by atoms with E-state index in [0.717, 1.165) is 0 Å². The summed E-state index contributed by atoms with van der Waals surface area (Å²) < 4.78 is 0. The van der Waals surface area contributed by atoms with Crippen molar-refractivity contribution in [3.63, 3.8) is 0 Å². The predicted octanol–water partition coefficient (Wildman–Crippen LogP) is 4.76. The predicted molar refractivity (Wildman–Crippen MR) is 71.8 cm³/mol. The zero-order valence-electron chi connectivity index (χ0n) is 10.2. The normalized spacial score (nSPS) is 13.9. The van der Waals surface area contributed by atoms with Gasteiger partial charge in [0, 0.05) is 5.25 Å². The Morgan fingerprint density at radius 3 is 2.13 bits per heavy atom. The molecule has 0 heterocycles. The van der Waals surface area contributed by atoms with Crippen molar-refractivity contribution in [2.45, 2.75) is 51.2 Å². The van der Waals surface area contributed by atoms with E-state index in [0.29, 0.717) is 10.7 Å². The molecule has 0 fully saturated rings. The van der Waals surface area contributed by atoms with E-state index in [2.05, 4.69) is 64.6 Å². The molecule has 15 heavy (non-hydrogen) atoms. The lowest BCUT2D eigenvalue weighted by molar-refractivity contribution is 0.473. The fraction of sp³-hybridized carbons (Fsp3) is 0.571. The largest absolute Gasteiger partial charge is 0.171 e. The van der Waals surface area contributed by atoms with Crippen LogP contribution in [-0.2, 0) is 5.41 Å². The molecule has 0 aromatic heterocycles. The van der Waals surface area contributed by atoms with E-state index in [4.69, 9.17) is 0 Å². The molecular formula is C14H22S. The summed E-state index contributed by atoms with van der Waals surface area (Å²) >= 11 is 4.44. The van der Waals surface area contributed by atoms with E-state index in [9.17, 15) is 0 Å². The molecule has 0 radical (unpaired) electrons. The highest BCUT2D eigenvalue weighted by Crippen LogP contribution is 2.29. The van der Waals surface area contributed by atoms with Gasteiger partial charge in [-0.25, -0.2) is 0 Å². The van der Waals surface area contributed by atoms with Crippen LogP contribution in [0.3, 0.4) is 0 Å². The molecule has 0 aliphatic heterocycles. The first-order valence-electron chi connectivity index (χ1n) is 5.76. The summed E-state index contributed by atoms with van der Waals surface area (Å²) in [7, 11) is 0. The summed E-state index contributed by atoms with van der Waals surface area (Å²) in [5.41, 5.74) is 3.03. The van der Waals surface area contributed by atoms with Gasteiger partial charge in [0.25, 0.3) is 0 Å². The molecule has 0 saturated heterocycles. The first-order chi connectivity index (χ1) is 6.97. The minimum atomic E-state index is 0.299. The van der Waals surface area contributed by atoms with E-state index in [1.807, 2.05) is 0 Å². The molecule has 0 N–H and O–H groups in total. The summed E-state index contributed by atoms with van der Waals surface area (Å²) in [5, 5.41) is 0.327. The number of hydrogen-bond acceptors (Lipinski definition) is 1. The molecule has 1 atom stereocenters. The van der Waals surface area contributed by atoms with Crippen LogP contribution in [0.2, 0.25) is 0 Å². The molecule has 1 unspecified atom stereocenters. The van der Waals surface area contributed by atoms with Crippen molar-refractivity contribution in [2.24, 2.45) is 0 Å². The fourth-order valence-electron chi connectivity index (χ4n) is 1.98. The molecule has 1 aromatic rings. The molecule has 0 saturated carbocycles. The van der Waals surface area contributed by atoms with Crippen LogP contribution in [0.15, 0.2) is 24.3 Å². The average Bonchev–Trinajstić information content (AvgIpc) is 2.18. The van der Waals surface area contributed by atoms with Crippen molar-refractivity contribution >= 4 is 12.6 Å². The van der Waals surface area contributed by atoms with Crippen molar-refractivity contribution in [3.05, 3.63) is 35.4 Å². The Hall–Kier alpha value is -0.430. The molecule has 1 heteroatoms. The van der Waals surface area contributed by atoms with Gasteiger partial charge < -0.3 is 0 Å². The highest BCUT2D eigenvalue weighted by atomic mass is 32.1. The van der Waals surface area contributed by atoms with Gasteiger partial charge in [-0.3, -0.25) is 0 Å². The molecule has 84 valence electrons. The van der Waals surface area contributed by atoms with Crippen LogP contribution >= 0.6 is 12.6 Å². The van der Waals surface area contributed by atoms with Gasteiger partial charge in [0.05, 0.1) is 0 Å². The number of hydrogen-bond donors (Lipinski definition) is 1. The molecule has 1 aromatic carbocycles. The van der Waals surface area contributed by atoms with Gasteiger partial charge in [-0.2, -0.15) is 12.6 Å². The van der Waals surface area contributed by atoms with Gasteiger partial charge in [-0.15, -0.1) is 0 Å². The third kappa shape index (κ3) is 3.27. The molecule has 0 aliphatic rings. The van der Waals surface area contributed by atoms with Gasteiger partial charge in [-0.1, -0.05) is 51.5 Å². The van der Waals surface area contributed by atoms with Crippen molar-refractivity contribution in [2.75, 3.05) is 0 Å². The number of rotatable bonds is 4. The molecule has 0 aliphatic carbocycles. The van der Waals surface area contributed by atoms with Crippen LogP contribution in [0, 0.1) is 0 Å². The van der Waals surface area contributed by atoms with Crippen LogP contribution in [-0.4, -0.2) is 0 Å². The zero-order chi connectivity index (χ0) is 11.5. The first-order valence-corrected chi connectivity index (χ1v) is 6.27. The smallest absolute Gasteiger partial charge is 0.0238 e. The zero-order valence-corrected chi connectivity index (χ0v) is 11.1. The standard InChI is InChI=1S/C14H22S/c1-5-10-14(3,4)13-8-6-12(7-9-13)11(2)15/h6-9,11,15H,5,10H2,1-4H3. The van der Waals surface area contributed by atoms with Crippen LogP contribution < -0.4 is 0 Å². The van der Waals surface area contributed by atoms with Crippen molar-refractivity contribution < 1.29 is 0 Å². The second-order valence-electron chi connectivity index (χ2n) is 4.93. The Balaban J connectivity index is 2.88. The van der Waals surface area contributed by atoms with Crippen LogP contribution in [0.5, 0.6) is 0 Å². The first kappa shape index (κ1) is 12.6. The topological polar surface area (TPSA) is 0 Å². The molecule has 0 amide bonds. The van der Waals surface area contributed by atoms with Crippen LogP contribution in [0.1, 0.15) is 56.9 Å². The Morgan fingerprint density at radius 1 is 1.20 bits per heavy atom. The second-order valence-corrected chi connectivity index (χ2v) is 5.71. The number of thiol groups is 1. The summed E-state index contributed by atoms with van der Waals surface area (Å²) in [6.45, 7) is 8.98. The van der Waals surface area contributed by atoms with E-state index in [1.165, 1.54) is 24.0 Å². The molecule has 1 rings (SSSR count). The molecule has 0 nitrogen and oxygen atoms in total. The molecule has 0 bridgehead atoms. The van der Waals surface area contributed by atoms with Crippen LogP contribution in [0.4, 0.5) is 0 Å². The lowest BCUT2D eigenvalue weighted by Crippen LogP contribution is -2.16. The van der Waals surface area contributed by atoms with Gasteiger partial charge in [0.2, 0.25) is 0 Å². The third-order valence-corrected chi connectivity index (χ3v) is 3.35.